The second-order valence-electron chi connectivity index (χ2n) is 5.19. The molecule has 0 unspecified atom stereocenters. The minimum Gasteiger partial charge on any atom is -0.444 e. The zero-order chi connectivity index (χ0) is 13.9. The fraction of sp³-hybridized carbons (Fsp3) is 0.462. The summed E-state index contributed by atoms with van der Waals surface area (Å²) < 4.78 is 5.25. The van der Waals surface area contributed by atoms with Crippen molar-refractivity contribution < 1.29 is 9.53 Å². The molecule has 1 aromatic carbocycles. The molecule has 1 rings (SSSR count). The summed E-state index contributed by atoms with van der Waals surface area (Å²) in [6, 6.07) is 5.31. The second kappa shape index (κ2) is 5.48. The number of nitrogen functional groups attached to an aromatic ring is 1. The van der Waals surface area contributed by atoms with Gasteiger partial charge in [0.05, 0.1) is 10.7 Å². The molecular weight excluding hydrogens is 252 g/mol. The van der Waals surface area contributed by atoms with Gasteiger partial charge in [0, 0.05) is 13.6 Å². The molecule has 100 valence electrons. The Balaban J connectivity index is 2.66. The van der Waals surface area contributed by atoms with Crippen LogP contribution in [0.15, 0.2) is 18.2 Å². The van der Waals surface area contributed by atoms with Crippen molar-refractivity contribution in [2.75, 3.05) is 12.8 Å². The number of benzene rings is 1. The number of carbonyl (C=O) groups excluding carboxylic acids is 1. The van der Waals surface area contributed by atoms with E-state index in [1.165, 1.54) is 4.90 Å². The molecule has 1 amide bonds. The van der Waals surface area contributed by atoms with Crippen molar-refractivity contribution in [2.24, 2.45) is 0 Å². The molecule has 0 fully saturated rings. The van der Waals surface area contributed by atoms with E-state index < -0.39 is 5.60 Å². The Morgan fingerprint density at radius 2 is 2.06 bits per heavy atom. The molecule has 0 saturated carbocycles. The molecule has 0 aromatic heterocycles. The van der Waals surface area contributed by atoms with Gasteiger partial charge >= 0.3 is 6.09 Å². The van der Waals surface area contributed by atoms with E-state index in [0.29, 0.717) is 17.3 Å². The largest absolute Gasteiger partial charge is 0.444 e. The Kier molecular flexibility index (Phi) is 4.46. The van der Waals surface area contributed by atoms with Crippen molar-refractivity contribution >= 4 is 23.4 Å². The Morgan fingerprint density at radius 1 is 1.44 bits per heavy atom. The average molecular weight is 271 g/mol. The fourth-order valence-electron chi connectivity index (χ4n) is 1.35. The van der Waals surface area contributed by atoms with Crippen LogP contribution in [0.3, 0.4) is 0 Å². The Morgan fingerprint density at radius 3 is 2.56 bits per heavy atom. The van der Waals surface area contributed by atoms with Crippen molar-refractivity contribution in [3.05, 3.63) is 28.8 Å². The monoisotopic (exact) mass is 270 g/mol. The number of nitrogens with two attached hydrogens (primary N) is 1. The molecule has 0 spiro atoms. The zero-order valence-electron chi connectivity index (χ0n) is 11.2. The van der Waals surface area contributed by atoms with E-state index in [9.17, 15) is 4.79 Å². The van der Waals surface area contributed by atoms with Crippen molar-refractivity contribution in [1.82, 2.24) is 4.90 Å². The topological polar surface area (TPSA) is 55.6 Å². The summed E-state index contributed by atoms with van der Waals surface area (Å²) in [7, 11) is 1.68. The quantitative estimate of drug-likeness (QED) is 0.839. The first-order valence-corrected chi connectivity index (χ1v) is 6.05. The van der Waals surface area contributed by atoms with Gasteiger partial charge < -0.3 is 15.4 Å². The molecule has 4 nitrogen and oxygen atoms in total. The number of nitrogens with zero attached hydrogens (tertiary/aromatic N) is 1. The molecule has 0 bridgehead atoms. The van der Waals surface area contributed by atoms with Crippen LogP contribution >= 0.6 is 11.6 Å². The number of carbonyl (C=O) groups is 1. The van der Waals surface area contributed by atoms with Crippen molar-refractivity contribution in [3.8, 4) is 0 Å². The molecule has 0 aliphatic carbocycles. The highest BCUT2D eigenvalue weighted by molar-refractivity contribution is 6.33. The minimum atomic E-state index is -0.496. The van der Waals surface area contributed by atoms with E-state index in [-0.39, 0.29) is 6.09 Å². The van der Waals surface area contributed by atoms with Gasteiger partial charge in [-0.25, -0.2) is 4.79 Å². The highest BCUT2D eigenvalue weighted by atomic mass is 35.5. The zero-order valence-corrected chi connectivity index (χ0v) is 11.9. The summed E-state index contributed by atoms with van der Waals surface area (Å²) in [5.74, 6) is 0. The summed E-state index contributed by atoms with van der Waals surface area (Å²) >= 11 is 5.92. The lowest BCUT2D eigenvalue weighted by Crippen LogP contribution is -2.33. The highest BCUT2D eigenvalue weighted by Crippen LogP contribution is 2.20. The minimum absolute atomic E-state index is 0.365. The molecule has 2 N–H and O–H groups in total. The van der Waals surface area contributed by atoms with Crippen LogP contribution in [0.2, 0.25) is 5.02 Å². The normalized spacial score (nSPS) is 11.2. The predicted octanol–water partition coefficient (Wildman–Crippen LogP) is 3.29. The van der Waals surface area contributed by atoms with E-state index in [0.717, 1.165) is 5.56 Å². The molecule has 0 radical (unpaired) electrons. The number of halogens is 1. The lowest BCUT2D eigenvalue weighted by atomic mass is 10.2. The predicted molar refractivity (Wildman–Crippen MR) is 73.6 cm³/mol. The fourth-order valence-corrected chi connectivity index (χ4v) is 1.55. The molecule has 0 aliphatic rings. The van der Waals surface area contributed by atoms with Crippen LogP contribution in [-0.2, 0) is 11.3 Å². The van der Waals surface area contributed by atoms with E-state index in [1.54, 1.807) is 19.2 Å². The van der Waals surface area contributed by atoms with Crippen LogP contribution in [0.1, 0.15) is 26.3 Å². The van der Waals surface area contributed by atoms with Gasteiger partial charge in [0.15, 0.2) is 0 Å². The number of amides is 1. The molecule has 1 aromatic rings. The standard InChI is InChI=1S/C13H19ClN2O2/c1-13(2,3)18-12(17)16(4)8-9-5-6-11(15)10(14)7-9/h5-7H,8,15H2,1-4H3. The smallest absolute Gasteiger partial charge is 0.410 e. The Labute approximate surface area is 113 Å². The SMILES string of the molecule is CN(Cc1ccc(N)c(Cl)c1)C(=O)OC(C)(C)C. The van der Waals surface area contributed by atoms with Crippen LogP contribution in [-0.4, -0.2) is 23.6 Å². The van der Waals surface area contributed by atoms with Gasteiger partial charge in [-0.15, -0.1) is 0 Å². The summed E-state index contributed by atoms with van der Waals surface area (Å²) in [6.07, 6.45) is -0.365. The molecule has 0 heterocycles. The van der Waals surface area contributed by atoms with Gasteiger partial charge in [-0.2, -0.15) is 0 Å². The molecule has 0 atom stereocenters. The van der Waals surface area contributed by atoms with Gasteiger partial charge in [0.25, 0.3) is 0 Å². The second-order valence-corrected chi connectivity index (χ2v) is 5.60. The molecular formula is C13H19ClN2O2. The number of hydrogen-bond donors (Lipinski definition) is 1. The first-order chi connectivity index (χ1) is 8.19. The first-order valence-electron chi connectivity index (χ1n) is 5.67. The van der Waals surface area contributed by atoms with Crippen molar-refractivity contribution in [3.63, 3.8) is 0 Å². The molecule has 18 heavy (non-hydrogen) atoms. The summed E-state index contributed by atoms with van der Waals surface area (Å²) in [5, 5.41) is 0.491. The molecule has 0 aliphatic heterocycles. The highest BCUT2D eigenvalue weighted by Gasteiger charge is 2.19. The third-order valence-electron chi connectivity index (χ3n) is 2.19. The third kappa shape index (κ3) is 4.45. The van der Waals surface area contributed by atoms with Gasteiger partial charge in [-0.1, -0.05) is 17.7 Å². The van der Waals surface area contributed by atoms with E-state index in [2.05, 4.69) is 0 Å². The van der Waals surface area contributed by atoms with Crippen LogP contribution in [0.4, 0.5) is 10.5 Å². The van der Waals surface area contributed by atoms with Gasteiger partial charge in [-0.3, -0.25) is 0 Å². The summed E-state index contributed by atoms with van der Waals surface area (Å²) in [5.41, 5.74) is 6.56. The van der Waals surface area contributed by atoms with Crippen LogP contribution in [0.5, 0.6) is 0 Å². The number of ether oxygens (including phenoxy) is 1. The Hall–Kier alpha value is -1.42. The lowest BCUT2D eigenvalue weighted by Gasteiger charge is -2.24. The van der Waals surface area contributed by atoms with Gasteiger partial charge in [-0.05, 0) is 38.5 Å². The van der Waals surface area contributed by atoms with Gasteiger partial charge in [0.2, 0.25) is 0 Å². The van der Waals surface area contributed by atoms with E-state index in [1.807, 2.05) is 26.8 Å². The molecule has 5 heteroatoms. The maximum absolute atomic E-state index is 11.8. The summed E-state index contributed by atoms with van der Waals surface area (Å²) in [6.45, 7) is 5.92. The number of rotatable bonds is 2. The number of hydrogen-bond acceptors (Lipinski definition) is 3. The van der Waals surface area contributed by atoms with E-state index >= 15 is 0 Å². The summed E-state index contributed by atoms with van der Waals surface area (Å²) in [4.78, 5) is 13.3. The van der Waals surface area contributed by atoms with Crippen molar-refractivity contribution in [1.29, 1.82) is 0 Å². The van der Waals surface area contributed by atoms with Crippen molar-refractivity contribution in [2.45, 2.75) is 32.9 Å². The third-order valence-corrected chi connectivity index (χ3v) is 2.52. The average Bonchev–Trinajstić information content (AvgIpc) is 2.21. The maximum atomic E-state index is 11.8. The molecule has 0 saturated heterocycles. The van der Waals surface area contributed by atoms with Crippen LogP contribution < -0.4 is 5.73 Å². The Bertz CT molecular complexity index is 441. The lowest BCUT2D eigenvalue weighted by molar-refractivity contribution is 0.0285. The first kappa shape index (κ1) is 14.6. The van der Waals surface area contributed by atoms with Crippen LogP contribution in [0, 0.1) is 0 Å². The van der Waals surface area contributed by atoms with E-state index in [4.69, 9.17) is 22.1 Å². The number of anilines is 1. The van der Waals surface area contributed by atoms with Gasteiger partial charge in [0.1, 0.15) is 5.60 Å². The maximum Gasteiger partial charge on any atom is 0.410 e. The van der Waals surface area contributed by atoms with Crippen LogP contribution in [0.25, 0.3) is 0 Å².